The van der Waals surface area contributed by atoms with E-state index in [9.17, 15) is 13.2 Å². The van der Waals surface area contributed by atoms with Gasteiger partial charge in [0.05, 0.1) is 10.1 Å². The van der Waals surface area contributed by atoms with Crippen molar-refractivity contribution in [3.63, 3.8) is 0 Å². The molecular weight excluding hydrogens is 348 g/mol. The van der Waals surface area contributed by atoms with Gasteiger partial charge in [0.25, 0.3) is 5.91 Å². The van der Waals surface area contributed by atoms with Crippen molar-refractivity contribution in [3.8, 4) is 0 Å². The average molecular weight is 375 g/mol. The van der Waals surface area contributed by atoms with E-state index in [0.29, 0.717) is 18.0 Å². The van der Waals surface area contributed by atoms with Crippen LogP contribution in [0.15, 0.2) is 29.2 Å². The van der Waals surface area contributed by atoms with E-state index in [1.807, 2.05) is 0 Å². The number of sulfone groups is 1. The molecule has 0 bridgehead atoms. The third kappa shape index (κ3) is 4.71. The molecule has 24 heavy (non-hydrogen) atoms. The Hall–Kier alpha value is -1.11. The Morgan fingerprint density at radius 1 is 1.21 bits per heavy atom. The van der Waals surface area contributed by atoms with E-state index in [2.05, 4.69) is 5.32 Å². The molecule has 1 amide bonds. The van der Waals surface area contributed by atoms with Crippen molar-refractivity contribution in [1.82, 2.24) is 5.32 Å². The van der Waals surface area contributed by atoms with Crippen molar-refractivity contribution in [2.45, 2.75) is 55.7 Å². The van der Waals surface area contributed by atoms with Gasteiger partial charge in [-0.05, 0) is 63.4 Å². The summed E-state index contributed by atoms with van der Waals surface area (Å²) in [5.41, 5.74) is 6.27. The standard InChI is InChI=1S/C17H26N2O3S.ClH/c1-12(2)23(21,22)15-9-7-13(8-10-15)17(20)19-16-6-4-3-5-14(16)11-18;/h7-10,12,14,16H,3-6,11,18H2,1-2H3,(H,19,20);1H. The number of nitrogens with one attached hydrogen (secondary N) is 1. The Bertz CT molecular complexity index is 644. The van der Waals surface area contributed by atoms with Gasteiger partial charge in [0.15, 0.2) is 9.84 Å². The van der Waals surface area contributed by atoms with Crippen LogP contribution in [0.1, 0.15) is 49.9 Å². The topological polar surface area (TPSA) is 89.3 Å². The predicted octanol–water partition coefficient (Wildman–Crippen LogP) is 2.54. The highest BCUT2D eigenvalue weighted by atomic mass is 35.5. The summed E-state index contributed by atoms with van der Waals surface area (Å²) in [7, 11) is -3.31. The van der Waals surface area contributed by atoms with Crippen LogP contribution in [0.25, 0.3) is 0 Å². The maximum absolute atomic E-state index is 12.4. The van der Waals surface area contributed by atoms with Crippen molar-refractivity contribution in [3.05, 3.63) is 29.8 Å². The maximum atomic E-state index is 12.4. The van der Waals surface area contributed by atoms with E-state index in [-0.39, 0.29) is 29.3 Å². The summed E-state index contributed by atoms with van der Waals surface area (Å²) < 4.78 is 24.2. The lowest BCUT2D eigenvalue weighted by Gasteiger charge is -2.31. The summed E-state index contributed by atoms with van der Waals surface area (Å²) in [4.78, 5) is 12.6. The maximum Gasteiger partial charge on any atom is 0.251 e. The third-order valence-electron chi connectivity index (χ3n) is 4.59. The molecule has 1 fully saturated rings. The SMILES string of the molecule is CC(C)S(=O)(=O)c1ccc(C(=O)NC2CCCCC2CN)cc1.Cl. The zero-order valence-electron chi connectivity index (χ0n) is 14.2. The van der Waals surface area contributed by atoms with Gasteiger partial charge in [-0.2, -0.15) is 0 Å². The van der Waals surface area contributed by atoms with Gasteiger partial charge in [0, 0.05) is 11.6 Å². The molecule has 7 heteroatoms. The Balaban J connectivity index is 0.00000288. The number of halogens is 1. The second-order valence-corrected chi connectivity index (χ2v) is 8.98. The van der Waals surface area contributed by atoms with Gasteiger partial charge in [-0.25, -0.2) is 8.42 Å². The van der Waals surface area contributed by atoms with Gasteiger partial charge in [-0.15, -0.1) is 12.4 Å². The molecule has 2 unspecified atom stereocenters. The molecule has 5 nitrogen and oxygen atoms in total. The predicted molar refractivity (Wildman–Crippen MR) is 98.3 cm³/mol. The largest absolute Gasteiger partial charge is 0.349 e. The van der Waals surface area contributed by atoms with Crippen LogP contribution in [0.2, 0.25) is 0 Å². The van der Waals surface area contributed by atoms with E-state index >= 15 is 0 Å². The van der Waals surface area contributed by atoms with Gasteiger partial charge >= 0.3 is 0 Å². The van der Waals surface area contributed by atoms with Crippen molar-refractivity contribution in [1.29, 1.82) is 0 Å². The Morgan fingerprint density at radius 2 is 1.79 bits per heavy atom. The molecule has 1 aliphatic carbocycles. The van der Waals surface area contributed by atoms with Crippen LogP contribution in [0, 0.1) is 5.92 Å². The first-order chi connectivity index (χ1) is 10.9. The van der Waals surface area contributed by atoms with Gasteiger partial charge in [-0.1, -0.05) is 12.8 Å². The number of hydrogen-bond donors (Lipinski definition) is 2. The summed E-state index contributed by atoms with van der Waals surface area (Å²) in [5.74, 6) is 0.164. The number of rotatable bonds is 5. The van der Waals surface area contributed by atoms with Crippen LogP contribution < -0.4 is 11.1 Å². The van der Waals surface area contributed by atoms with E-state index in [0.717, 1.165) is 25.7 Å². The monoisotopic (exact) mass is 374 g/mol. The molecule has 0 spiro atoms. The molecule has 2 atom stereocenters. The summed E-state index contributed by atoms with van der Waals surface area (Å²) in [6.07, 6.45) is 4.27. The lowest BCUT2D eigenvalue weighted by Crippen LogP contribution is -2.44. The minimum Gasteiger partial charge on any atom is -0.349 e. The van der Waals surface area contributed by atoms with Crippen LogP contribution in [0.4, 0.5) is 0 Å². The zero-order valence-corrected chi connectivity index (χ0v) is 15.8. The highest BCUT2D eigenvalue weighted by molar-refractivity contribution is 7.92. The van der Waals surface area contributed by atoms with Crippen LogP contribution in [-0.4, -0.2) is 32.2 Å². The second kappa shape index (κ2) is 8.83. The molecule has 1 saturated carbocycles. The summed E-state index contributed by atoms with van der Waals surface area (Å²) in [5, 5.41) is 2.57. The number of hydrogen-bond acceptors (Lipinski definition) is 4. The third-order valence-corrected chi connectivity index (χ3v) is 6.76. The van der Waals surface area contributed by atoms with E-state index in [4.69, 9.17) is 5.73 Å². The highest BCUT2D eigenvalue weighted by Crippen LogP contribution is 2.24. The number of carbonyl (C=O) groups is 1. The van der Waals surface area contributed by atoms with Crippen LogP contribution in [0.3, 0.4) is 0 Å². The van der Waals surface area contributed by atoms with Gasteiger partial charge in [-0.3, -0.25) is 4.79 Å². The second-order valence-electron chi connectivity index (χ2n) is 6.48. The molecular formula is C17H27ClN2O3S. The lowest BCUT2D eigenvalue weighted by atomic mass is 9.84. The number of carbonyl (C=O) groups excluding carboxylic acids is 1. The molecule has 3 N–H and O–H groups in total. The minimum absolute atomic E-state index is 0. The molecule has 1 aromatic rings. The van der Waals surface area contributed by atoms with Crippen molar-refractivity contribution in [2.75, 3.05) is 6.54 Å². The first kappa shape index (κ1) is 20.9. The van der Waals surface area contributed by atoms with E-state index < -0.39 is 15.1 Å². The normalized spacial score (nSPS) is 21.2. The minimum atomic E-state index is -3.31. The smallest absolute Gasteiger partial charge is 0.251 e. The van der Waals surface area contributed by atoms with Crippen molar-refractivity contribution in [2.24, 2.45) is 11.7 Å². The zero-order chi connectivity index (χ0) is 17.0. The molecule has 0 aliphatic heterocycles. The molecule has 2 rings (SSSR count). The summed E-state index contributed by atoms with van der Waals surface area (Å²) >= 11 is 0. The quantitative estimate of drug-likeness (QED) is 0.828. The molecule has 0 heterocycles. The number of benzene rings is 1. The number of nitrogens with two attached hydrogens (primary N) is 1. The fourth-order valence-corrected chi connectivity index (χ4v) is 4.06. The molecule has 0 saturated heterocycles. The van der Waals surface area contributed by atoms with Gasteiger partial charge < -0.3 is 11.1 Å². The Morgan fingerprint density at radius 3 is 2.33 bits per heavy atom. The number of amides is 1. The van der Waals surface area contributed by atoms with Gasteiger partial charge in [0.1, 0.15) is 0 Å². The summed E-state index contributed by atoms with van der Waals surface area (Å²) in [6, 6.07) is 6.27. The lowest BCUT2D eigenvalue weighted by molar-refractivity contribution is 0.0908. The fourth-order valence-electron chi connectivity index (χ4n) is 3.00. The molecule has 0 radical (unpaired) electrons. The van der Waals surface area contributed by atoms with Crippen molar-refractivity contribution >= 4 is 28.2 Å². The van der Waals surface area contributed by atoms with Crippen LogP contribution in [-0.2, 0) is 9.84 Å². The molecule has 1 aromatic carbocycles. The Labute approximate surface area is 150 Å². The first-order valence-corrected chi connectivity index (χ1v) is 9.75. The Kier molecular flexibility index (Phi) is 7.70. The molecule has 0 aromatic heterocycles. The molecule has 136 valence electrons. The average Bonchev–Trinajstić information content (AvgIpc) is 2.55. The van der Waals surface area contributed by atoms with Gasteiger partial charge in [0.2, 0.25) is 0 Å². The highest BCUT2D eigenvalue weighted by Gasteiger charge is 2.26. The van der Waals surface area contributed by atoms with E-state index in [1.165, 1.54) is 12.1 Å². The first-order valence-electron chi connectivity index (χ1n) is 8.21. The van der Waals surface area contributed by atoms with Crippen LogP contribution >= 0.6 is 12.4 Å². The fraction of sp³-hybridized carbons (Fsp3) is 0.588. The van der Waals surface area contributed by atoms with Crippen molar-refractivity contribution < 1.29 is 13.2 Å². The molecule has 1 aliphatic rings. The van der Waals surface area contributed by atoms with Crippen LogP contribution in [0.5, 0.6) is 0 Å². The summed E-state index contributed by atoms with van der Waals surface area (Å²) in [6.45, 7) is 3.87. The van der Waals surface area contributed by atoms with E-state index in [1.54, 1.807) is 26.0 Å².